The molecular formula is C20H22ClN3O6S2. The van der Waals surface area contributed by atoms with Crippen LogP contribution >= 0.6 is 35.2 Å². The summed E-state index contributed by atoms with van der Waals surface area (Å²) in [6.07, 6.45) is -7.07. The summed E-state index contributed by atoms with van der Waals surface area (Å²) < 4.78 is 0. The zero-order valence-electron chi connectivity index (χ0n) is 16.5. The van der Waals surface area contributed by atoms with Crippen molar-refractivity contribution in [2.75, 3.05) is 6.61 Å². The van der Waals surface area contributed by atoms with E-state index in [-0.39, 0.29) is 5.11 Å². The standard InChI is InChI=1S/C20H22ClN3O6S2/c21-11-5-3-10(4-6-11)16-19(30)15(14-2-1-7-32-14)23-24(16)20(31)22-8-12(26)17(28)18(29)13(27)9-25/h1-8,12-13,16-19,25-30H,9H2/b22-8+/t12-,13+,16?,17+,18+,19?/m0/s1. The van der Waals surface area contributed by atoms with Gasteiger partial charge in [0.05, 0.1) is 11.5 Å². The van der Waals surface area contributed by atoms with Gasteiger partial charge in [-0.15, -0.1) is 11.3 Å². The number of nitrogens with zero attached hydrogens (tertiary/aromatic N) is 3. The van der Waals surface area contributed by atoms with Crippen LogP contribution in [0.5, 0.6) is 0 Å². The third-order valence-electron chi connectivity index (χ3n) is 4.86. The van der Waals surface area contributed by atoms with Crippen molar-refractivity contribution >= 4 is 52.2 Å². The number of benzene rings is 1. The monoisotopic (exact) mass is 499 g/mol. The summed E-state index contributed by atoms with van der Waals surface area (Å²) in [5.41, 5.74) is 1.08. The first-order chi connectivity index (χ1) is 15.2. The average molecular weight is 500 g/mol. The fourth-order valence-electron chi connectivity index (χ4n) is 3.11. The molecule has 12 heteroatoms. The minimum Gasteiger partial charge on any atom is -0.394 e. The highest BCUT2D eigenvalue weighted by atomic mass is 35.5. The fourth-order valence-corrected chi connectivity index (χ4v) is 4.19. The maximum atomic E-state index is 11.0. The minimum atomic E-state index is -1.81. The zero-order valence-corrected chi connectivity index (χ0v) is 18.9. The van der Waals surface area contributed by atoms with Crippen LogP contribution in [0.3, 0.4) is 0 Å². The average Bonchev–Trinajstić information content (AvgIpc) is 3.44. The van der Waals surface area contributed by atoms with Crippen molar-refractivity contribution in [3.63, 3.8) is 0 Å². The van der Waals surface area contributed by atoms with Crippen LogP contribution in [0.4, 0.5) is 0 Å². The molecule has 0 saturated heterocycles. The molecule has 0 amide bonds. The fraction of sp³-hybridized carbons (Fsp3) is 0.350. The molecule has 32 heavy (non-hydrogen) atoms. The number of aliphatic hydroxyl groups is 6. The number of thiophene rings is 1. The molecule has 1 aliphatic heterocycles. The van der Waals surface area contributed by atoms with Crippen LogP contribution in [0.15, 0.2) is 51.9 Å². The molecule has 1 aliphatic rings. The molecule has 0 aliphatic carbocycles. The van der Waals surface area contributed by atoms with Gasteiger partial charge in [-0.3, -0.25) is 0 Å². The largest absolute Gasteiger partial charge is 0.394 e. The Hall–Kier alpha value is -1.80. The third-order valence-corrected chi connectivity index (χ3v) is 6.29. The Bertz CT molecular complexity index is 972. The Morgan fingerprint density at radius 1 is 1.19 bits per heavy atom. The van der Waals surface area contributed by atoms with Gasteiger partial charge in [0.1, 0.15) is 42.3 Å². The lowest BCUT2D eigenvalue weighted by molar-refractivity contribution is -0.0999. The summed E-state index contributed by atoms with van der Waals surface area (Å²) in [5, 5.41) is 67.1. The number of hydrogen-bond donors (Lipinski definition) is 6. The van der Waals surface area contributed by atoms with Gasteiger partial charge >= 0.3 is 0 Å². The maximum absolute atomic E-state index is 11.0. The Labute approximate surface area is 198 Å². The van der Waals surface area contributed by atoms with Crippen LogP contribution in [-0.2, 0) is 0 Å². The second kappa shape index (κ2) is 10.9. The predicted octanol–water partition coefficient (Wildman–Crippen LogP) is 0.315. The molecule has 6 N–H and O–H groups in total. The van der Waals surface area contributed by atoms with E-state index in [2.05, 4.69) is 10.1 Å². The van der Waals surface area contributed by atoms with Crippen molar-refractivity contribution in [3.8, 4) is 0 Å². The summed E-state index contributed by atoms with van der Waals surface area (Å²) in [4.78, 5) is 4.72. The van der Waals surface area contributed by atoms with Gasteiger partial charge in [-0.1, -0.05) is 29.8 Å². The van der Waals surface area contributed by atoms with Gasteiger partial charge in [0.2, 0.25) is 5.11 Å². The maximum Gasteiger partial charge on any atom is 0.216 e. The minimum absolute atomic E-state index is 0.112. The van der Waals surface area contributed by atoms with Crippen molar-refractivity contribution in [3.05, 3.63) is 57.2 Å². The van der Waals surface area contributed by atoms with Crippen LogP contribution in [0.25, 0.3) is 0 Å². The van der Waals surface area contributed by atoms with E-state index in [0.717, 1.165) is 11.1 Å². The highest BCUT2D eigenvalue weighted by Gasteiger charge is 2.40. The molecule has 0 radical (unpaired) electrons. The highest BCUT2D eigenvalue weighted by Crippen LogP contribution is 2.35. The lowest BCUT2D eigenvalue weighted by Gasteiger charge is -2.25. The van der Waals surface area contributed by atoms with Crippen molar-refractivity contribution in [1.82, 2.24) is 5.01 Å². The Morgan fingerprint density at radius 3 is 2.47 bits per heavy atom. The van der Waals surface area contributed by atoms with E-state index in [1.165, 1.54) is 16.3 Å². The van der Waals surface area contributed by atoms with Crippen LogP contribution in [0, 0.1) is 0 Å². The number of aliphatic imine (C=N–C) groups is 1. The van der Waals surface area contributed by atoms with E-state index in [0.29, 0.717) is 16.3 Å². The number of hydrazone groups is 1. The van der Waals surface area contributed by atoms with E-state index in [1.807, 2.05) is 17.5 Å². The number of halogens is 1. The Kier molecular flexibility index (Phi) is 8.44. The highest BCUT2D eigenvalue weighted by molar-refractivity contribution is 7.80. The van der Waals surface area contributed by atoms with Gasteiger partial charge in [0.15, 0.2) is 0 Å². The van der Waals surface area contributed by atoms with Crippen LogP contribution in [0.2, 0.25) is 5.02 Å². The van der Waals surface area contributed by atoms with Crippen molar-refractivity contribution < 1.29 is 30.6 Å². The molecule has 0 bridgehead atoms. The molecule has 0 fully saturated rings. The number of rotatable bonds is 7. The lowest BCUT2D eigenvalue weighted by atomic mass is 9.98. The van der Waals surface area contributed by atoms with E-state index in [4.69, 9.17) is 28.9 Å². The van der Waals surface area contributed by atoms with E-state index < -0.39 is 43.2 Å². The summed E-state index contributed by atoms with van der Waals surface area (Å²) in [6, 6.07) is 9.74. The zero-order chi connectivity index (χ0) is 23.4. The first kappa shape index (κ1) is 24.8. The normalized spacial score (nSPS) is 22.6. The number of hydrogen-bond acceptors (Lipinski definition) is 9. The number of aliphatic hydroxyl groups excluding tert-OH is 6. The van der Waals surface area contributed by atoms with Gasteiger partial charge in [0, 0.05) is 11.2 Å². The molecule has 2 heterocycles. The molecule has 2 aromatic rings. The molecule has 1 aromatic carbocycles. The van der Waals surface area contributed by atoms with Crippen LogP contribution in [-0.4, -0.2) is 89.8 Å². The van der Waals surface area contributed by atoms with Crippen molar-refractivity contribution in [1.29, 1.82) is 0 Å². The molecule has 6 atom stereocenters. The van der Waals surface area contributed by atoms with E-state index in [9.17, 15) is 25.5 Å². The first-order valence-corrected chi connectivity index (χ1v) is 11.2. The van der Waals surface area contributed by atoms with E-state index >= 15 is 0 Å². The lowest BCUT2D eigenvalue weighted by Crippen LogP contribution is -2.46. The van der Waals surface area contributed by atoms with Crippen LogP contribution in [0.1, 0.15) is 16.5 Å². The number of thiocarbonyl (C=S) groups is 1. The predicted molar refractivity (Wildman–Crippen MR) is 125 cm³/mol. The summed E-state index contributed by atoms with van der Waals surface area (Å²) in [7, 11) is 0. The van der Waals surface area contributed by atoms with Gasteiger partial charge < -0.3 is 30.6 Å². The molecule has 0 saturated carbocycles. The topological polar surface area (TPSA) is 149 Å². The van der Waals surface area contributed by atoms with E-state index in [1.54, 1.807) is 24.3 Å². The van der Waals surface area contributed by atoms with Gasteiger partial charge in [0.25, 0.3) is 0 Å². The van der Waals surface area contributed by atoms with Gasteiger partial charge in [-0.05, 0) is 41.4 Å². The Balaban J connectivity index is 1.85. The molecular weight excluding hydrogens is 478 g/mol. The second-order valence-corrected chi connectivity index (χ2v) is 8.78. The molecule has 1 aromatic heterocycles. The summed E-state index contributed by atoms with van der Waals surface area (Å²) in [5.74, 6) is 0. The molecule has 172 valence electrons. The van der Waals surface area contributed by atoms with Gasteiger partial charge in [-0.25, -0.2) is 10.0 Å². The van der Waals surface area contributed by atoms with Gasteiger partial charge in [-0.2, -0.15) is 5.10 Å². The SMILES string of the molecule is OC[C@@H](O)[C@@H](O)[C@H](O)[C@@H](O)/C=N/C(=S)N1N=C(c2cccs2)C(O)C1c1ccc(Cl)cc1. The Morgan fingerprint density at radius 2 is 1.88 bits per heavy atom. The molecule has 0 spiro atoms. The molecule has 2 unspecified atom stereocenters. The van der Waals surface area contributed by atoms with Crippen molar-refractivity contribution in [2.45, 2.75) is 36.6 Å². The smallest absolute Gasteiger partial charge is 0.216 e. The quantitative estimate of drug-likeness (QED) is 0.235. The summed E-state index contributed by atoms with van der Waals surface area (Å²) >= 11 is 12.7. The summed E-state index contributed by atoms with van der Waals surface area (Å²) in [6.45, 7) is -0.796. The molecule has 3 rings (SSSR count). The van der Waals surface area contributed by atoms with Crippen molar-refractivity contribution in [2.24, 2.45) is 10.1 Å². The first-order valence-electron chi connectivity index (χ1n) is 9.51. The second-order valence-electron chi connectivity index (χ2n) is 7.03. The molecule has 9 nitrogen and oxygen atoms in total. The van der Waals surface area contributed by atoms with Crippen LogP contribution < -0.4 is 0 Å². The third kappa shape index (κ3) is 5.39.